The number of carbonyl (C=O) groups is 2. The summed E-state index contributed by atoms with van der Waals surface area (Å²) in [6.45, 7) is 0.494. The van der Waals surface area contributed by atoms with Crippen molar-refractivity contribution in [3.63, 3.8) is 0 Å². The average Bonchev–Trinajstić information content (AvgIpc) is 2.63. The van der Waals surface area contributed by atoms with E-state index in [-0.39, 0.29) is 10.6 Å². The summed E-state index contributed by atoms with van der Waals surface area (Å²) >= 11 is 0. The molecule has 0 saturated carbocycles. The molecule has 0 bridgehead atoms. The van der Waals surface area contributed by atoms with Gasteiger partial charge in [0.25, 0.3) is 5.91 Å². The number of sulfonamides is 1. The Morgan fingerprint density at radius 2 is 1.71 bits per heavy atom. The molecule has 1 N–H and O–H groups in total. The SMILES string of the molecule is Cc1ccc(S(=O)(=O)N(C)CC(=O)OCC(=O)Nc2ccc(F)c(F)c2)cc1. The zero-order valence-electron chi connectivity index (χ0n) is 15.1. The first-order valence-electron chi connectivity index (χ1n) is 8.03. The van der Waals surface area contributed by atoms with Crippen molar-refractivity contribution in [1.82, 2.24) is 4.31 Å². The summed E-state index contributed by atoms with van der Waals surface area (Å²) in [6.07, 6.45) is 0. The van der Waals surface area contributed by atoms with Gasteiger partial charge in [-0.05, 0) is 31.2 Å². The Morgan fingerprint density at radius 3 is 2.32 bits per heavy atom. The Balaban J connectivity index is 1.88. The highest BCUT2D eigenvalue weighted by Gasteiger charge is 2.23. The van der Waals surface area contributed by atoms with Crippen molar-refractivity contribution < 1.29 is 31.5 Å². The number of carbonyl (C=O) groups excluding carboxylic acids is 2. The predicted octanol–water partition coefficient (Wildman–Crippen LogP) is 2.08. The number of ether oxygens (including phenoxy) is 1. The summed E-state index contributed by atoms with van der Waals surface area (Å²) < 4.78 is 56.2. The number of aryl methyl sites for hydroxylation is 1. The van der Waals surface area contributed by atoms with Crippen LogP contribution in [-0.4, -0.2) is 44.8 Å². The van der Waals surface area contributed by atoms with Crippen LogP contribution in [-0.2, 0) is 24.3 Å². The second-order valence-electron chi connectivity index (χ2n) is 5.91. The fourth-order valence-corrected chi connectivity index (χ4v) is 3.23. The van der Waals surface area contributed by atoms with Crippen LogP contribution in [0.1, 0.15) is 5.56 Å². The molecule has 0 unspecified atom stereocenters. The number of likely N-dealkylation sites (N-methyl/N-ethyl adjacent to an activating group) is 1. The molecule has 2 aromatic carbocycles. The highest BCUT2D eigenvalue weighted by atomic mass is 32.2. The van der Waals surface area contributed by atoms with Crippen LogP contribution in [0.15, 0.2) is 47.4 Å². The van der Waals surface area contributed by atoms with Crippen LogP contribution in [0.5, 0.6) is 0 Å². The molecule has 2 aromatic rings. The van der Waals surface area contributed by atoms with Crippen molar-refractivity contribution >= 4 is 27.6 Å². The van der Waals surface area contributed by atoms with Gasteiger partial charge in [-0.25, -0.2) is 17.2 Å². The van der Waals surface area contributed by atoms with Gasteiger partial charge in [0.15, 0.2) is 18.2 Å². The number of rotatable bonds is 7. The highest BCUT2D eigenvalue weighted by molar-refractivity contribution is 7.89. The lowest BCUT2D eigenvalue weighted by Gasteiger charge is -2.16. The third-order valence-corrected chi connectivity index (χ3v) is 5.47. The summed E-state index contributed by atoms with van der Waals surface area (Å²) in [4.78, 5) is 23.6. The average molecular weight is 412 g/mol. The molecule has 0 spiro atoms. The lowest BCUT2D eigenvalue weighted by atomic mass is 10.2. The van der Waals surface area contributed by atoms with Gasteiger partial charge in [-0.1, -0.05) is 17.7 Å². The maximum Gasteiger partial charge on any atom is 0.321 e. The van der Waals surface area contributed by atoms with Crippen LogP contribution in [0.3, 0.4) is 0 Å². The number of nitrogens with one attached hydrogen (secondary N) is 1. The third kappa shape index (κ3) is 5.57. The van der Waals surface area contributed by atoms with E-state index in [0.29, 0.717) is 0 Å². The summed E-state index contributed by atoms with van der Waals surface area (Å²) in [6, 6.07) is 8.84. The minimum Gasteiger partial charge on any atom is -0.455 e. The van der Waals surface area contributed by atoms with Crippen molar-refractivity contribution in [3.05, 3.63) is 59.7 Å². The van der Waals surface area contributed by atoms with Crippen LogP contribution in [0.25, 0.3) is 0 Å². The molecule has 2 rings (SSSR count). The monoisotopic (exact) mass is 412 g/mol. The number of hydrogen-bond acceptors (Lipinski definition) is 5. The van der Waals surface area contributed by atoms with Crippen LogP contribution in [0.4, 0.5) is 14.5 Å². The van der Waals surface area contributed by atoms with E-state index in [0.717, 1.165) is 28.1 Å². The molecule has 7 nitrogen and oxygen atoms in total. The first kappa shape index (κ1) is 21.5. The molecule has 1 amide bonds. The fraction of sp³-hybridized carbons (Fsp3) is 0.222. The number of anilines is 1. The van der Waals surface area contributed by atoms with Gasteiger partial charge < -0.3 is 10.1 Å². The van der Waals surface area contributed by atoms with E-state index in [4.69, 9.17) is 4.74 Å². The molecule has 0 fully saturated rings. The van der Waals surface area contributed by atoms with Crippen molar-refractivity contribution in [1.29, 1.82) is 0 Å². The van der Waals surface area contributed by atoms with E-state index in [1.807, 2.05) is 6.92 Å². The smallest absolute Gasteiger partial charge is 0.321 e. The molecule has 0 heterocycles. The van der Waals surface area contributed by atoms with Crippen molar-refractivity contribution in [3.8, 4) is 0 Å². The molecule has 0 aliphatic rings. The maximum atomic E-state index is 13.1. The Kier molecular flexibility index (Phi) is 6.81. The normalized spacial score (nSPS) is 11.3. The maximum absolute atomic E-state index is 13.1. The molecule has 10 heteroatoms. The Labute approximate surface area is 161 Å². The lowest BCUT2D eigenvalue weighted by Crippen LogP contribution is -2.34. The lowest BCUT2D eigenvalue weighted by molar-refractivity contribution is -0.147. The van der Waals surface area contributed by atoms with Gasteiger partial charge in [-0.3, -0.25) is 9.59 Å². The molecule has 0 aliphatic carbocycles. The number of hydrogen-bond donors (Lipinski definition) is 1. The van der Waals surface area contributed by atoms with E-state index < -0.39 is 46.7 Å². The topological polar surface area (TPSA) is 92.8 Å². The Bertz CT molecular complexity index is 978. The van der Waals surface area contributed by atoms with Gasteiger partial charge in [0.05, 0.1) is 4.90 Å². The van der Waals surface area contributed by atoms with Gasteiger partial charge in [-0.15, -0.1) is 0 Å². The fourth-order valence-electron chi connectivity index (χ4n) is 2.12. The zero-order chi connectivity index (χ0) is 20.9. The number of amides is 1. The van der Waals surface area contributed by atoms with Crippen LogP contribution in [0, 0.1) is 18.6 Å². The molecule has 28 heavy (non-hydrogen) atoms. The summed E-state index contributed by atoms with van der Waals surface area (Å²) in [5.74, 6) is -3.94. The zero-order valence-corrected chi connectivity index (χ0v) is 15.9. The largest absolute Gasteiger partial charge is 0.455 e. The van der Waals surface area contributed by atoms with Crippen molar-refractivity contribution in [2.75, 3.05) is 25.5 Å². The molecule has 0 radical (unpaired) electrons. The standard InChI is InChI=1S/C18H18F2N2O5S/c1-12-3-6-14(7-4-12)28(25,26)22(2)10-18(24)27-11-17(23)21-13-5-8-15(19)16(20)9-13/h3-9H,10-11H2,1-2H3,(H,21,23). The van der Waals surface area contributed by atoms with E-state index >= 15 is 0 Å². The van der Waals surface area contributed by atoms with Crippen LogP contribution in [0.2, 0.25) is 0 Å². The first-order valence-corrected chi connectivity index (χ1v) is 9.47. The van der Waals surface area contributed by atoms with E-state index in [1.165, 1.54) is 19.2 Å². The molecule has 0 aliphatic heterocycles. The Hall–Kier alpha value is -2.85. The molecule has 0 atom stereocenters. The van der Waals surface area contributed by atoms with Gasteiger partial charge in [0.1, 0.15) is 6.54 Å². The molecule has 0 aromatic heterocycles. The van der Waals surface area contributed by atoms with Gasteiger partial charge in [0.2, 0.25) is 10.0 Å². The predicted molar refractivity (Wildman–Crippen MR) is 96.9 cm³/mol. The first-order chi connectivity index (χ1) is 13.1. The summed E-state index contributed by atoms with van der Waals surface area (Å²) in [5, 5.41) is 2.23. The third-order valence-electron chi connectivity index (χ3n) is 3.65. The van der Waals surface area contributed by atoms with E-state index in [2.05, 4.69) is 5.32 Å². The highest BCUT2D eigenvalue weighted by Crippen LogP contribution is 2.15. The van der Waals surface area contributed by atoms with Crippen LogP contribution >= 0.6 is 0 Å². The van der Waals surface area contributed by atoms with Crippen LogP contribution < -0.4 is 5.32 Å². The number of halogens is 2. The quantitative estimate of drug-likeness (QED) is 0.703. The molecular weight excluding hydrogens is 394 g/mol. The number of esters is 1. The van der Waals surface area contributed by atoms with Crippen molar-refractivity contribution in [2.24, 2.45) is 0 Å². The van der Waals surface area contributed by atoms with Gasteiger partial charge >= 0.3 is 5.97 Å². The molecule has 150 valence electrons. The second-order valence-corrected chi connectivity index (χ2v) is 7.96. The number of nitrogens with zero attached hydrogens (tertiary/aromatic N) is 1. The molecule has 0 saturated heterocycles. The van der Waals surface area contributed by atoms with Crippen molar-refractivity contribution in [2.45, 2.75) is 11.8 Å². The Morgan fingerprint density at radius 1 is 1.07 bits per heavy atom. The minimum absolute atomic E-state index is 0.0148. The van der Waals surface area contributed by atoms with Gasteiger partial charge in [0, 0.05) is 18.8 Å². The second kappa shape index (κ2) is 8.89. The summed E-state index contributed by atoms with van der Waals surface area (Å²) in [7, 11) is -2.69. The van der Waals surface area contributed by atoms with E-state index in [1.54, 1.807) is 12.1 Å². The molecular formula is C18H18F2N2O5S. The van der Waals surface area contributed by atoms with Gasteiger partial charge in [-0.2, -0.15) is 4.31 Å². The minimum atomic E-state index is -3.89. The van der Waals surface area contributed by atoms with E-state index in [9.17, 15) is 26.8 Å². The number of benzene rings is 2. The summed E-state index contributed by atoms with van der Waals surface area (Å²) in [5.41, 5.74) is 0.868.